The largest absolute Gasteiger partial charge is 0.494 e. The van der Waals surface area contributed by atoms with Crippen LogP contribution in [0.5, 0.6) is 5.75 Å². The Labute approximate surface area is 151 Å². The molecule has 7 heteroatoms. The van der Waals surface area contributed by atoms with Gasteiger partial charge in [-0.2, -0.15) is 0 Å². The van der Waals surface area contributed by atoms with Crippen LogP contribution in [-0.4, -0.2) is 30.1 Å². The SMILES string of the molecule is CCOc1ccccc1CCC(=O)OCC(=O)Nc1cccnc1Cl. The van der Waals surface area contributed by atoms with E-state index in [1.807, 2.05) is 31.2 Å². The zero-order chi connectivity index (χ0) is 18.1. The maximum absolute atomic E-state index is 11.8. The molecule has 0 saturated carbocycles. The van der Waals surface area contributed by atoms with E-state index >= 15 is 0 Å². The Hall–Kier alpha value is -2.60. The quantitative estimate of drug-likeness (QED) is 0.576. The van der Waals surface area contributed by atoms with Gasteiger partial charge in [0.2, 0.25) is 0 Å². The fourth-order valence-corrected chi connectivity index (χ4v) is 2.29. The van der Waals surface area contributed by atoms with Gasteiger partial charge in [-0.3, -0.25) is 9.59 Å². The topological polar surface area (TPSA) is 77.5 Å². The van der Waals surface area contributed by atoms with E-state index in [9.17, 15) is 9.59 Å². The molecule has 0 atom stereocenters. The molecule has 0 aliphatic rings. The smallest absolute Gasteiger partial charge is 0.306 e. The molecule has 0 unspecified atom stereocenters. The highest BCUT2D eigenvalue weighted by molar-refractivity contribution is 6.32. The Morgan fingerprint density at radius 1 is 1.20 bits per heavy atom. The molecular formula is C18H19ClN2O4. The molecule has 1 aromatic heterocycles. The van der Waals surface area contributed by atoms with Gasteiger partial charge in [0, 0.05) is 12.6 Å². The number of hydrogen-bond donors (Lipinski definition) is 1. The van der Waals surface area contributed by atoms with Crippen LogP contribution in [0, 0.1) is 0 Å². The first-order valence-corrected chi connectivity index (χ1v) is 8.24. The van der Waals surface area contributed by atoms with Crippen molar-refractivity contribution in [3.05, 3.63) is 53.3 Å². The summed E-state index contributed by atoms with van der Waals surface area (Å²) in [6.07, 6.45) is 2.15. The first-order valence-electron chi connectivity index (χ1n) is 7.87. The minimum absolute atomic E-state index is 0.158. The summed E-state index contributed by atoms with van der Waals surface area (Å²) in [5, 5.41) is 2.71. The van der Waals surface area contributed by atoms with E-state index in [0.717, 1.165) is 11.3 Å². The normalized spacial score (nSPS) is 10.2. The van der Waals surface area contributed by atoms with Crippen LogP contribution >= 0.6 is 11.6 Å². The lowest BCUT2D eigenvalue weighted by molar-refractivity contribution is -0.147. The van der Waals surface area contributed by atoms with Crippen LogP contribution in [0.2, 0.25) is 5.15 Å². The summed E-state index contributed by atoms with van der Waals surface area (Å²) in [6, 6.07) is 10.8. The number of benzene rings is 1. The zero-order valence-corrected chi connectivity index (χ0v) is 14.6. The molecule has 1 aromatic carbocycles. The first-order chi connectivity index (χ1) is 12.1. The Kier molecular flexibility index (Phi) is 7.22. The second-order valence-corrected chi connectivity index (χ2v) is 5.45. The number of anilines is 1. The van der Waals surface area contributed by atoms with Crippen molar-refractivity contribution >= 4 is 29.2 Å². The monoisotopic (exact) mass is 362 g/mol. The van der Waals surface area contributed by atoms with E-state index in [-0.39, 0.29) is 18.2 Å². The molecule has 1 N–H and O–H groups in total. The number of carbonyl (C=O) groups excluding carboxylic acids is 2. The van der Waals surface area contributed by atoms with Gasteiger partial charge in [0.1, 0.15) is 5.75 Å². The van der Waals surface area contributed by atoms with Gasteiger partial charge >= 0.3 is 5.97 Å². The van der Waals surface area contributed by atoms with E-state index in [4.69, 9.17) is 21.1 Å². The molecule has 0 bridgehead atoms. The molecule has 2 rings (SSSR count). The van der Waals surface area contributed by atoms with Gasteiger partial charge in [-0.05, 0) is 37.1 Å². The second kappa shape index (κ2) is 9.64. The number of nitrogens with one attached hydrogen (secondary N) is 1. The standard InChI is InChI=1S/C18H19ClN2O4/c1-2-24-15-8-4-3-6-13(15)9-10-17(23)25-12-16(22)21-14-7-5-11-20-18(14)19/h3-8,11H,2,9-10,12H2,1H3,(H,21,22). The summed E-state index contributed by atoms with van der Waals surface area (Å²) >= 11 is 5.84. The number of carbonyl (C=O) groups is 2. The Bertz CT molecular complexity index is 737. The molecule has 6 nitrogen and oxygen atoms in total. The number of ether oxygens (including phenoxy) is 2. The highest BCUT2D eigenvalue weighted by Gasteiger charge is 2.11. The molecule has 1 heterocycles. The average molecular weight is 363 g/mol. The third kappa shape index (κ3) is 6.08. The second-order valence-electron chi connectivity index (χ2n) is 5.09. The zero-order valence-electron chi connectivity index (χ0n) is 13.8. The van der Waals surface area contributed by atoms with Crippen LogP contribution in [-0.2, 0) is 20.7 Å². The fourth-order valence-electron chi connectivity index (χ4n) is 2.13. The van der Waals surface area contributed by atoms with Gasteiger partial charge in [-0.1, -0.05) is 29.8 Å². The fraction of sp³-hybridized carbons (Fsp3) is 0.278. The van der Waals surface area contributed by atoms with Gasteiger partial charge in [-0.15, -0.1) is 0 Å². The highest BCUT2D eigenvalue weighted by atomic mass is 35.5. The number of aryl methyl sites for hydroxylation is 1. The van der Waals surface area contributed by atoms with Crippen LogP contribution in [0.25, 0.3) is 0 Å². The molecule has 2 aromatic rings. The lowest BCUT2D eigenvalue weighted by Crippen LogP contribution is -2.21. The molecular weight excluding hydrogens is 344 g/mol. The number of halogens is 1. The van der Waals surface area contributed by atoms with E-state index in [0.29, 0.717) is 18.7 Å². The van der Waals surface area contributed by atoms with E-state index < -0.39 is 11.9 Å². The van der Waals surface area contributed by atoms with Crippen molar-refractivity contribution in [3.63, 3.8) is 0 Å². The van der Waals surface area contributed by atoms with Gasteiger partial charge in [0.05, 0.1) is 12.3 Å². The van der Waals surface area contributed by atoms with E-state index in [1.165, 1.54) is 6.20 Å². The first kappa shape index (κ1) is 18.7. The molecule has 0 aliphatic carbocycles. The molecule has 0 radical (unpaired) electrons. The van der Waals surface area contributed by atoms with Crippen molar-refractivity contribution in [3.8, 4) is 5.75 Å². The summed E-state index contributed by atoms with van der Waals surface area (Å²) in [5.41, 5.74) is 1.30. The summed E-state index contributed by atoms with van der Waals surface area (Å²) in [6.45, 7) is 2.08. The predicted octanol–water partition coefficient (Wildman–Crippen LogP) is 3.25. The third-order valence-corrected chi connectivity index (χ3v) is 3.57. The lowest BCUT2D eigenvalue weighted by Gasteiger charge is -2.10. The van der Waals surface area contributed by atoms with Crippen molar-refractivity contribution in [2.45, 2.75) is 19.8 Å². The number of para-hydroxylation sites is 1. The van der Waals surface area contributed by atoms with Crippen molar-refractivity contribution < 1.29 is 19.1 Å². The van der Waals surface area contributed by atoms with Crippen molar-refractivity contribution in [2.75, 3.05) is 18.5 Å². The number of hydrogen-bond acceptors (Lipinski definition) is 5. The van der Waals surface area contributed by atoms with Gasteiger partial charge < -0.3 is 14.8 Å². The molecule has 0 fully saturated rings. The number of amides is 1. The maximum Gasteiger partial charge on any atom is 0.306 e. The summed E-state index contributed by atoms with van der Waals surface area (Å²) < 4.78 is 10.5. The van der Waals surface area contributed by atoms with Crippen LogP contribution in [0.15, 0.2) is 42.6 Å². The Morgan fingerprint density at radius 3 is 2.76 bits per heavy atom. The minimum atomic E-state index is -0.474. The molecule has 0 saturated heterocycles. The molecule has 0 spiro atoms. The van der Waals surface area contributed by atoms with E-state index in [1.54, 1.807) is 12.1 Å². The molecule has 25 heavy (non-hydrogen) atoms. The van der Waals surface area contributed by atoms with Gasteiger partial charge in [0.25, 0.3) is 5.91 Å². The van der Waals surface area contributed by atoms with Crippen molar-refractivity contribution in [1.29, 1.82) is 0 Å². The average Bonchev–Trinajstić information content (AvgIpc) is 2.61. The molecule has 0 aliphatic heterocycles. The Balaban J connectivity index is 1.77. The number of aromatic nitrogens is 1. The highest BCUT2D eigenvalue weighted by Crippen LogP contribution is 2.20. The van der Waals surface area contributed by atoms with Crippen LogP contribution in [0.3, 0.4) is 0 Å². The number of rotatable bonds is 8. The third-order valence-electron chi connectivity index (χ3n) is 3.27. The summed E-state index contributed by atoms with van der Waals surface area (Å²) in [7, 11) is 0. The lowest BCUT2D eigenvalue weighted by atomic mass is 10.1. The van der Waals surface area contributed by atoms with Crippen LogP contribution in [0.1, 0.15) is 18.9 Å². The molecule has 1 amide bonds. The van der Waals surface area contributed by atoms with Gasteiger partial charge in [-0.25, -0.2) is 4.98 Å². The van der Waals surface area contributed by atoms with Crippen LogP contribution < -0.4 is 10.1 Å². The number of pyridine rings is 1. The molecule has 132 valence electrons. The summed E-state index contributed by atoms with van der Waals surface area (Å²) in [4.78, 5) is 27.5. The number of esters is 1. The van der Waals surface area contributed by atoms with Gasteiger partial charge in [0.15, 0.2) is 11.8 Å². The Morgan fingerprint density at radius 2 is 2.00 bits per heavy atom. The maximum atomic E-state index is 11.8. The predicted molar refractivity (Wildman–Crippen MR) is 94.8 cm³/mol. The number of nitrogens with zero attached hydrogens (tertiary/aromatic N) is 1. The summed E-state index contributed by atoms with van der Waals surface area (Å²) in [5.74, 6) is -0.182. The van der Waals surface area contributed by atoms with Crippen molar-refractivity contribution in [1.82, 2.24) is 4.98 Å². The van der Waals surface area contributed by atoms with Crippen molar-refractivity contribution in [2.24, 2.45) is 0 Å². The van der Waals surface area contributed by atoms with E-state index in [2.05, 4.69) is 10.3 Å². The minimum Gasteiger partial charge on any atom is -0.494 e. The van der Waals surface area contributed by atoms with Crippen LogP contribution in [0.4, 0.5) is 5.69 Å².